The fraction of sp³-hybridized carbons (Fsp3) is 0.133. The molecule has 0 bridgehead atoms. The first kappa shape index (κ1) is 15.2. The maximum atomic E-state index is 13.1. The number of aliphatic hydroxyl groups is 1. The highest BCUT2D eigenvalue weighted by molar-refractivity contribution is 7.12. The lowest BCUT2D eigenvalue weighted by Gasteiger charge is -2.04. The minimum absolute atomic E-state index is 0.0481. The molecule has 0 aliphatic heterocycles. The van der Waals surface area contributed by atoms with Crippen LogP contribution in [0.1, 0.15) is 21.7 Å². The third-order valence-electron chi connectivity index (χ3n) is 2.51. The first-order valence-electron chi connectivity index (χ1n) is 6.05. The number of hydrogen-bond donors (Lipinski definition) is 2. The highest BCUT2D eigenvalue weighted by Gasteiger charge is 2.13. The monoisotopic (exact) mass is 307 g/mol. The number of halogens is 2. The van der Waals surface area contributed by atoms with Crippen molar-refractivity contribution in [3.63, 3.8) is 0 Å². The summed E-state index contributed by atoms with van der Waals surface area (Å²) in [6, 6.07) is 4.83. The van der Waals surface area contributed by atoms with Crippen LogP contribution in [-0.4, -0.2) is 17.6 Å². The Balaban J connectivity index is 2.16. The number of aliphatic hydroxyl groups excluding tert-OH is 1. The van der Waals surface area contributed by atoms with Crippen molar-refractivity contribution in [2.45, 2.75) is 6.42 Å². The zero-order chi connectivity index (χ0) is 15.2. The Kier molecular flexibility index (Phi) is 5.04. The first-order chi connectivity index (χ1) is 10.1. The molecule has 0 unspecified atom stereocenters. The molecule has 0 radical (unpaired) electrons. The Labute approximate surface area is 124 Å². The molecule has 2 rings (SSSR count). The summed E-state index contributed by atoms with van der Waals surface area (Å²) in [5.41, 5.74) is 0.704. The molecule has 1 amide bonds. The Morgan fingerprint density at radius 3 is 2.81 bits per heavy atom. The average molecular weight is 307 g/mol. The Hall–Kier alpha value is -2.23. The van der Waals surface area contributed by atoms with Gasteiger partial charge in [0.25, 0.3) is 5.91 Å². The van der Waals surface area contributed by atoms with Gasteiger partial charge in [-0.05, 0) is 23.6 Å². The Morgan fingerprint density at radius 2 is 2.10 bits per heavy atom. The highest BCUT2D eigenvalue weighted by atomic mass is 32.1. The minimum Gasteiger partial charge on any atom is -0.395 e. The van der Waals surface area contributed by atoms with Crippen LogP contribution in [0.2, 0.25) is 0 Å². The van der Waals surface area contributed by atoms with E-state index in [0.717, 1.165) is 12.1 Å². The van der Waals surface area contributed by atoms with E-state index in [9.17, 15) is 13.6 Å². The van der Waals surface area contributed by atoms with E-state index in [1.807, 2.05) is 0 Å². The number of amides is 1. The van der Waals surface area contributed by atoms with Crippen LogP contribution in [0.5, 0.6) is 0 Å². The zero-order valence-corrected chi connectivity index (χ0v) is 11.6. The number of nitrogens with one attached hydrogen (secondary N) is 1. The van der Waals surface area contributed by atoms with Crippen molar-refractivity contribution in [2.24, 2.45) is 0 Å². The van der Waals surface area contributed by atoms with Crippen LogP contribution in [0.3, 0.4) is 0 Å². The van der Waals surface area contributed by atoms with E-state index in [-0.39, 0.29) is 12.3 Å². The highest BCUT2D eigenvalue weighted by Crippen LogP contribution is 2.19. The smallest absolute Gasteiger partial charge is 0.267 e. The summed E-state index contributed by atoms with van der Waals surface area (Å²) < 4.78 is 25.9. The van der Waals surface area contributed by atoms with E-state index >= 15 is 0 Å². The average Bonchev–Trinajstić information content (AvgIpc) is 2.92. The number of benzene rings is 1. The van der Waals surface area contributed by atoms with Gasteiger partial charge >= 0.3 is 0 Å². The van der Waals surface area contributed by atoms with Crippen molar-refractivity contribution >= 4 is 22.9 Å². The van der Waals surface area contributed by atoms with Gasteiger partial charge in [0.15, 0.2) is 11.6 Å². The predicted molar refractivity (Wildman–Crippen MR) is 77.2 cm³/mol. The fourth-order valence-corrected chi connectivity index (χ4v) is 2.30. The van der Waals surface area contributed by atoms with Gasteiger partial charge in [-0.25, -0.2) is 8.78 Å². The maximum absolute atomic E-state index is 13.1. The molecule has 2 aromatic rings. The van der Waals surface area contributed by atoms with Crippen molar-refractivity contribution in [2.75, 3.05) is 11.9 Å². The molecule has 0 fully saturated rings. The van der Waals surface area contributed by atoms with Gasteiger partial charge in [0.1, 0.15) is 4.88 Å². The lowest BCUT2D eigenvalue weighted by Crippen LogP contribution is -2.11. The van der Waals surface area contributed by atoms with Crippen molar-refractivity contribution in [1.82, 2.24) is 0 Å². The molecule has 2 N–H and O–H groups in total. The molecule has 0 saturated heterocycles. The van der Waals surface area contributed by atoms with Gasteiger partial charge in [0, 0.05) is 23.7 Å². The molecule has 0 aliphatic carbocycles. The van der Waals surface area contributed by atoms with Gasteiger partial charge in [-0.3, -0.25) is 4.79 Å². The second-order valence-electron chi connectivity index (χ2n) is 4.02. The molecule has 6 heteroatoms. The van der Waals surface area contributed by atoms with E-state index in [4.69, 9.17) is 5.11 Å². The Morgan fingerprint density at radius 1 is 1.29 bits per heavy atom. The van der Waals surface area contributed by atoms with Crippen molar-refractivity contribution in [3.05, 3.63) is 51.7 Å². The van der Waals surface area contributed by atoms with Crippen LogP contribution < -0.4 is 5.32 Å². The topological polar surface area (TPSA) is 49.3 Å². The molecule has 1 aromatic carbocycles. The van der Waals surface area contributed by atoms with E-state index in [2.05, 4.69) is 17.2 Å². The number of hydrogen-bond acceptors (Lipinski definition) is 3. The van der Waals surface area contributed by atoms with E-state index < -0.39 is 17.5 Å². The summed E-state index contributed by atoms with van der Waals surface area (Å²) >= 11 is 1.20. The summed E-state index contributed by atoms with van der Waals surface area (Å²) in [5.74, 6) is 3.08. The standard InChI is InChI=1S/C15H11F2NO2S/c16-12-5-4-11(9-13(12)17)18-15(20)14-10(6-8-21-14)3-1-2-7-19/h4-6,8-9,19H,2,7H2,(H,18,20). The van der Waals surface area contributed by atoms with Crippen LogP contribution in [0.25, 0.3) is 0 Å². The normalized spacial score (nSPS) is 9.86. The molecule has 0 saturated carbocycles. The van der Waals surface area contributed by atoms with Gasteiger partial charge in [-0.2, -0.15) is 0 Å². The summed E-state index contributed by atoms with van der Waals surface area (Å²) in [6.07, 6.45) is 0.320. The SMILES string of the molecule is O=C(Nc1ccc(F)c(F)c1)c1sccc1C#CCCO. The van der Waals surface area contributed by atoms with E-state index in [1.54, 1.807) is 11.4 Å². The van der Waals surface area contributed by atoms with Crippen LogP contribution in [0, 0.1) is 23.5 Å². The second kappa shape index (κ2) is 6.97. The van der Waals surface area contributed by atoms with Crippen LogP contribution >= 0.6 is 11.3 Å². The summed E-state index contributed by atoms with van der Waals surface area (Å²) in [4.78, 5) is 12.5. The predicted octanol–water partition coefficient (Wildman–Crippen LogP) is 3.01. The first-order valence-corrected chi connectivity index (χ1v) is 6.93. The third kappa shape index (κ3) is 3.88. The summed E-state index contributed by atoms with van der Waals surface area (Å²) in [5, 5.41) is 12.9. The molecular weight excluding hydrogens is 296 g/mol. The third-order valence-corrected chi connectivity index (χ3v) is 3.42. The number of carbonyl (C=O) groups excluding carboxylic acids is 1. The maximum Gasteiger partial charge on any atom is 0.267 e. The van der Waals surface area contributed by atoms with Gasteiger partial charge in [0.05, 0.1) is 6.61 Å². The van der Waals surface area contributed by atoms with E-state index in [1.165, 1.54) is 17.4 Å². The second-order valence-corrected chi connectivity index (χ2v) is 4.94. The molecule has 1 heterocycles. The Bertz CT molecular complexity index is 716. The fourth-order valence-electron chi connectivity index (χ4n) is 1.56. The summed E-state index contributed by atoms with van der Waals surface area (Å²) in [6.45, 7) is -0.0481. The van der Waals surface area contributed by atoms with Gasteiger partial charge in [-0.1, -0.05) is 11.8 Å². The lowest BCUT2D eigenvalue weighted by atomic mass is 10.2. The molecule has 0 spiro atoms. The van der Waals surface area contributed by atoms with Gasteiger partial charge in [0.2, 0.25) is 0 Å². The molecular formula is C15H11F2NO2S. The summed E-state index contributed by atoms with van der Waals surface area (Å²) in [7, 11) is 0. The molecule has 0 aliphatic rings. The molecule has 1 aromatic heterocycles. The lowest BCUT2D eigenvalue weighted by molar-refractivity contribution is 0.103. The quantitative estimate of drug-likeness (QED) is 0.856. The number of anilines is 1. The van der Waals surface area contributed by atoms with Crippen molar-refractivity contribution < 1.29 is 18.7 Å². The van der Waals surface area contributed by atoms with Crippen molar-refractivity contribution in [3.8, 4) is 11.8 Å². The number of carbonyl (C=O) groups is 1. The van der Waals surface area contributed by atoms with Crippen LogP contribution in [0.15, 0.2) is 29.6 Å². The number of thiophene rings is 1. The molecule has 3 nitrogen and oxygen atoms in total. The largest absolute Gasteiger partial charge is 0.395 e. The zero-order valence-electron chi connectivity index (χ0n) is 10.8. The van der Waals surface area contributed by atoms with Crippen LogP contribution in [-0.2, 0) is 0 Å². The van der Waals surface area contributed by atoms with Crippen molar-refractivity contribution in [1.29, 1.82) is 0 Å². The minimum atomic E-state index is -1.03. The molecule has 0 atom stereocenters. The number of rotatable bonds is 3. The van der Waals surface area contributed by atoms with E-state index in [0.29, 0.717) is 16.9 Å². The van der Waals surface area contributed by atoms with Gasteiger partial charge in [-0.15, -0.1) is 11.3 Å². The molecule has 108 valence electrons. The molecule has 21 heavy (non-hydrogen) atoms. The van der Waals surface area contributed by atoms with Gasteiger partial charge < -0.3 is 10.4 Å². The van der Waals surface area contributed by atoms with Crippen LogP contribution in [0.4, 0.5) is 14.5 Å².